The van der Waals surface area contributed by atoms with E-state index in [0.717, 1.165) is 53.5 Å². The number of nitrogens with one attached hydrogen (secondary N) is 2. The molecule has 0 spiro atoms. The highest BCUT2D eigenvalue weighted by Gasteiger charge is 2.31. The van der Waals surface area contributed by atoms with Crippen LogP contribution in [-0.4, -0.2) is 94.3 Å². The van der Waals surface area contributed by atoms with Gasteiger partial charge in [-0.25, -0.2) is 14.0 Å². The number of urea groups is 1. The molecule has 2 fully saturated rings. The van der Waals surface area contributed by atoms with Gasteiger partial charge in [0.1, 0.15) is 5.75 Å². The van der Waals surface area contributed by atoms with Crippen molar-refractivity contribution in [1.82, 2.24) is 30.0 Å². The fourth-order valence-electron chi connectivity index (χ4n) is 4.91. The quantitative estimate of drug-likeness (QED) is 0.287. The number of amides is 3. The van der Waals surface area contributed by atoms with Crippen LogP contribution in [0.1, 0.15) is 5.56 Å². The monoisotopic (exact) mass is 591 g/mol. The van der Waals surface area contributed by atoms with Crippen LogP contribution in [0, 0.1) is 5.82 Å². The van der Waals surface area contributed by atoms with Crippen LogP contribution >= 0.6 is 11.3 Å². The Bertz CT molecular complexity index is 1600. The van der Waals surface area contributed by atoms with Crippen LogP contribution in [0.2, 0.25) is 0 Å². The average Bonchev–Trinajstić information content (AvgIpc) is 3.39. The number of hydrogen-bond acceptors (Lipinski definition) is 8. The molecule has 3 aromatic heterocycles. The van der Waals surface area contributed by atoms with E-state index in [0.29, 0.717) is 5.75 Å². The second-order valence-corrected chi connectivity index (χ2v) is 11.5. The van der Waals surface area contributed by atoms with Crippen molar-refractivity contribution in [2.24, 2.45) is 0 Å². The Hall–Kier alpha value is -4.33. The van der Waals surface area contributed by atoms with Gasteiger partial charge in [-0.15, -0.1) is 11.3 Å². The van der Waals surface area contributed by atoms with Gasteiger partial charge in [-0.1, -0.05) is 6.07 Å². The molecule has 3 amide bonds. The fourth-order valence-corrected chi connectivity index (χ4v) is 5.95. The van der Waals surface area contributed by atoms with Crippen molar-refractivity contribution < 1.29 is 23.8 Å². The Morgan fingerprint density at radius 3 is 2.60 bits per heavy atom. The molecule has 2 saturated heterocycles. The number of carbonyl (C=O) groups is 2. The van der Waals surface area contributed by atoms with Gasteiger partial charge in [0.15, 0.2) is 11.6 Å². The maximum absolute atomic E-state index is 15.0. The van der Waals surface area contributed by atoms with E-state index < -0.39 is 17.9 Å². The smallest absolute Gasteiger partial charge is 0.407 e. The number of fused-ring (bicyclic) bond motifs is 1. The number of carboxylic acid groups (broad SMARTS) is 1. The summed E-state index contributed by atoms with van der Waals surface area (Å²) >= 11 is 1.48. The summed E-state index contributed by atoms with van der Waals surface area (Å²) in [5.74, 6) is -0.174. The molecule has 13 heteroatoms. The van der Waals surface area contributed by atoms with Crippen molar-refractivity contribution >= 4 is 39.4 Å². The summed E-state index contributed by atoms with van der Waals surface area (Å²) in [6.07, 6.45) is 2.51. The van der Waals surface area contributed by atoms with E-state index in [2.05, 4.69) is 38.5 Å². The summed E-state index contributed by atoms with van der Waals surface area (Å²) in [6, 6.07) is 11.1. The van der Waals surface area contributed by atoms with Crippen molar-refractivity contribution in [3.63, 3.8) is 0 Å². The van der Waals surface area contributed by atoms with Crippen molar-refractivity contribution in [2.75, 3.05) is 51.6 Å². The van der Waals surface area contributed by atoms with Gasteiger partial charge in [-0.05, 0) is 36.9 Å². The Morgan fingerprint density at radius 2 is 1.88 bits per heavy atom. The lowest BCUT2D eigenvalue weighted by Gasteiger charge is -2.37. The largest absolute Gasteiger partial charge is 0.465 e. The molecule has 6 rings (SSSR count). The molecule has 0 unspecified atom stereocenters. The van der Waals surface area contributed by atoms with Crippen molar-refractivity contribution in [2.45, 2.75) is 12.6 Å². The Kier molecular flexibility index (Phi) is 7.87. The van der Waals surface area contributed by atoms with Crippen molar-refractivity contribution in [3.05, 3.63) is 66.2 Å². The van der Waals surface area contributed by atoms with Crippen LogP contribution in [0.3, 0.4) is 0 Å². The molecule has 0 radical (unpaired) electrons. The van der Waals surface area contributed by atoms with E-state index in [1.807, 2.05) is 18.3 Å². The summed E-state index contributed by atoms with van der Waals surface area (Å²) in [5.41, 5.74) is 2.98. The fraction of sp³-hybridized carbons (Fsp3) is 0.310. The Morgan fingerprint density at radius 1 is 1.07 bits per heavy atom. The molecule has 0 bridgehead atoms. The number of halogens is 1. The number of piperazine rings is 1. The molecule has 2 aliphatic heterocycles. The number of likely N-dealkylation sites (tertiary alicyclic amines) is 1. The highest BCUT2D eigenvalue weighted by atomic mass is 32.1. The van der Waals surface area contributed by atoms with Crippen LogP contribution in [0.25, 0.3) is 20.8 Å². The molecule has 0 saturated carbocycles. The lowest BCUT2D eigenvalue weighted by atomic mass is 10.1. The Labute approximate surface area is 245 Å². The zero-order valence-electron chi connectivity index (χ0n) is 22.9. The van der Waals surface area contributed by atoms with Crippen LogP contribution in [-0.2, 0) is 6.54 Å². The lowest BCUT2D eigenvalue weighted by Crippen LogP contribution is -2.61. The molecule has 0 atom stereocenters. The third-order valence-electron chi connectivity index (χ3n) is 7.35. The zero-order chi connectivity index (χ0) is 29.2. The number of carbonyl (C=O) groups excluding carboxylic acids is 1. The molecule has 0 aliphatic carbocycles. The van der Waals surface area contributed by atoms with E-state index in [-0.39, 0.29) is 30.6 Å². The number of thiophene rings is 1. The number of hydrogen-bond donors (Lipinski definition) is 3. The number of anilines is 1. The maximum Gasteiger partial charge on any atom is 0.407 e. The number of rotatable bonds is 7. The molecule has 11 nitrogen and oxygen atoms in total. The van der Waals surface area contributed by atoms with E-state index in [4.69, 9.17) is 14.8 Å². The Balaban J connectivity index is 1.10. The normalized spacial score (nSPS) is 16.3. The van der Waals surface area contributed by atoms with Gasteiger partial charge in [0.05, 0.1) is 26.8 Å². The number of likely N-dealkylation sites (N-methyl/N-ethyl adjacent to an activating group) is 1. The highest BCUT2D eigenvalue weighted by Crippen LogP contribution is 2.39. The first-order valence-corrected chi connectivity index (χ1v) is 14.4. The minimum Gasteiger partial charge on any atom is -0.465 e. The highest BCUT2D eigenvalue weighted by molar-refractivity contribution is 7.22. The molecule has 2 aliphatic rings. The molecular weight excluding hydrogens is 561 g/mol. The molecule has 3 N–H and O–H groups in total. The van der Waals surface area contributed by atoms with Crippen LogP contribution in [0.15, 0.2) is 54.9 Å². The van der Waals surface area contributed by atoms with Crippen LogP contribution in [0.5, 0.6) is 11.5 Å². The maximum atomic E-state index is 15.0. The van der Waals surface area contributed by atoms with Gasteiger partial charge in [-0.2, -0.15) is 0 Å². The molecule has 218 valence electrons. The van der Waals surface area contributed by atoms with Gasteiger partial charge in [-0.3, -0.25) is 14.9 Å². The predicted molar refractivity (Wildman–Crippen MR) is 158 cm³/mol. The summed E-state index contributed by atoms with van der Waals surface area (Å²) < 4.78 is 21.7. The number of benzene rings is 1. The van der Waals surface area contributed by atoms with E-state index >= 15 is 0 Å². The standard InChI is InChI=1S/C29H30FN7O4S/c1-35-8-10-36(11-9-35)15-18-2-4-22(32-14-18)26-13-23-27(42-26)25(6-7-31-23)41-24-5-3-19(12-21(24)30)33-28(38)34-20-16-37(17-20)29(39)40/h2-7,12-14,20H,8-11,15-17H2,1H3,(H,39,40)(H2,33,34,38). The molecule has 5 heterocycles. The van der Waals surface area contributed by atoms with Gasteiger partial charge in [0.25, 0.3) is 0 Å². The number of aromatic nitrogens is 2. The number of ether oxygens (including phenoxy) is 1. The summed E-state index contributed by atoms with van der Waals surface area (Å²) in [7, 11) is 2.15. The van der Waals surface area contributed by atoms with Crippen LogP contribution in [0.4, 0.5) is 19.7 Å². The average molecular weight is 592 g/mol. The number of nitrogens with zero attached hydrogens (tertiary/aromatic N) is 5. The topological polar surface area (TPSA) is 123 Å². The van der Waals surface area contributed by atoms with Crippen LogP contribution < -0.4 is 15.4 Å². The van der Waals surface area contributed by atoms with E-state index in [1.54, 1.807) is 12.3 Å². The first kappa shape index (κ1) is 27.8. The third-order valence-corrected chi connectivity index (χ3v) is 8.51. The lowest BCUT2D eigenvalue weighted by molar-refractivity contribution is 0.0987. The van der Waals surface area contributed by atoms with Gasteiger partial charge in [0, 0.05) is 76.0 Å². The van der Waals surface area contributed by atoms with E-state index in [9.17, 15) is 14.0 Å². The minimum absolute atomic E-state index is 0.00545. The van der Waals surface area contributed by atoms with E-state index in [1.165, 1.54) is 40.0 Å². The summed E-state index contributed by atoms with van der Waals surface area (Å²) in [5, 5.41) is 14.1. The molecule has 42 heavy (non-hydrogen) atoms. The summed E-state index contributed by atoms with van der Waals surface area (Å²) in [6.45, 7) is 5.55. The predicted octanol–water partition coefficient (Wildman–Crippen LogP) is 4.52. The summed E-state index contributed by atoms with van der Waals surface area (Å²) in [4.78, 5) is 39.1. The molecule has 1 aromatic carbocycles. The van der Waals surface area contributed by atoms with Crippen molar-refractivity contribution in [3.8, 4) is 22.1 Å². The second-order valence-electron chi connectivity index (χ2n) is 10.5. The van der Waals surface area contributed by atoms with Gasteiger partial charge < -0.3 is 30.3 Å². The SMILES string of the molecule is CN1CCN(Cc2ccc(-c3cc4nccc(Oc5ccc(NC(=O)NC6CN(C(=O)O)C6)cc5F)c4s3)nc2)CC1. The minimum atomic E-state index is -1.03. The second kappa shape index (κ2) is 11.9. The zero-order valence-corrected chi connectivity index (χ0v) is 23.7. The number of pyridine rings is 2. The third kappa shape index (κ3) is 6.27. The molecular formula is C29H30FN7O4S. The first-order chi connectivity index (χ1) is 20.3. The van der Waals surface area contributed by atoms with Gasteiger partial charge >= 0.3 is 12.1 Å². The first-order valence-electron chi connectivity index (χ1n) is 13.6. The van der Waals surface area contributed by atoms with Gasteiger partial charge in [0.2, 0.25) is 0 Å². The van der Waals surface area contributed by atoms with Crippen molar-refractivity contribution in [1.29, 1.82) is 0 Å². The molecule has 4 aromatic rings.